The predicted molar refractivity (Wildman–Crippen MR) is 96.5 cm³/mol. The molecule has 3 unspecified atom stereocenters. The van der Waals surface area contributed by atoms with E-state index in [0.717, 1.165) is 64.1 Å². The van der Waals surface area contributed by atoms with Crippen LogP contribution in [0.25, 0.3) is 0 Å². The Kier molecular flexibility index (Phi) is 6.75. The summed E-state index contributed by atoms with van der Waals surface area (Å²) in [6.07, 6.45) is 5.44. The summed E-state index contributed by atoms with van der Waals surface area (Å²) in [4.78, 5) is 9.39. The molecule has 3 atom stereocenters. The van der Waals surface area contributed by atoms with Gasteiger partial charge in [-0.2, -0.15) is 0 Å². The minimum atomic E-state index is 0.183. The van der Waals surface area contributed by atoms with Gasteiger partial charge in [-0.3, -0.25) is 4.99 Å². The molecule has 6 nitrogen and oxygen atoms in total. The van der Waals surface area contributed by atoms with Gasteiger partial charge in [0.2, 0.25) is 0 Å². The monoisotopic (exact) mass is 338 g/mol. The maximum atomic E-state index is 5.94. The van der Waals surface area contributed by atoms with Crippen LogP contribution in [0.15, 0.2) is 4.99 Å². The van der Waals surface area contributed by atoms with Crippen LogP contribution in [0.1, 0.15) is 32.6 Å². The van der Waals surface area contributed by atoms with Gasteiger partial charge in [0.1, 0.15) is 6.10 Å². The number of morpholine rings is 1. The van der Waals surface area contributed by atoms with Crippen LogP contribution in [-0.2, 0) is 9.47 Å². The molecule has 0 aromatic heterocycles. The van der Waals surface area contributed by atoms with Crippen molar-refractivity contribution < 1.29 is 9.47 Å². The topological polar surface area (TPSA) is 49.3 Å². The van der Waals surface area contributed by atoms with E-state index in [1.807, 2.05) is 7.05 Å². The van der Waals surface area contributed by atoms with Gasteiger partial charge >= 0.3 is 0 Å². The summed E-state index contributed by atoms with van der Waals surface area (Å²) in [6.45, 7) is 10.3. The van der Waals surface area contributed by atoms with E-state index in [1.54, 1.807) is 0 Å². The van der Waals surface area contributed by atoms with Crippen molar-refractivity contribution in [2.75, 3.05) is 59.5 Å². The minimum absolute atomic E-state index is 0.183. The number of nitrogens with zero attached hydrogens (tertiary/aromatic N) is 3. The Morgan fingerprint density at radius 2 is 1.96 bits per heavy atom. The average molecular weight is 338 g/mol. The quantitative estimate of drug-likeness (QED) is 0.616. The number of guanidine groups is 1. The van der Waals surface area contributed by atoms with E-state index in [2.05, 4.69) is 27.0 Å². The standard InChI is InChI=1S/C18H34N4O2/c1-15-5-3-8-21(13-15)9-7-20-18(19-2)22-10-12-24-17(14-22)16-6-4-11-23-16/h15-17H,3-14H2,1-2H3,(H,19,20). The Morgan fingerprint density at radius 3 is 2.71 bits per heavy atom. The molecule has 24 heavy (non-hydrogen) atoms. The summed E-state index contributed by atoms with van der Waals surface area (Å²) in [5.74, 6) is 1.84. The van der Waals surface area contributed by atoms with Crippen LogP contribution < -0.4 is 5.32 Å². The minimum Gasteiger partial charge on any atom is -0.375 e. The molecular formula is C18H34N4O2. The number of ether oxygens (including phenoxy) is 2. The molecule has 0 spiro atoms. The highest BCUT2D eigenvalue weighted by molar-refractivity contribution is 5.80. The fourth-order valence-electron chi connectivity index (χ4n) is 4.14. The van der Waals surface area contributed by atoms with Gasteiger partial charge in [0.05, 0.1) is 12.7 Å². The molecule has 0 amide bonds. The first-order valence-corrected chi connectivity index (χ1v) is 9.67. The normalized spacial score (nSPS) is 33.0. The predicted octanol–water partition coefficient (Wildman–Crippen LogP) is 1.17. The van der Waals surface area contributed by atoms with Gasteiger partial charge < -0.3 is 24.6 Å². The van der Waals surface area contributed by atoms with Gasteiger partial charge in [0, 0.05) is 46.4 Å². The molecule has 6 heteroatoms. The highest BCUT2D eigenvalue weighted by Crippen LogP contribution is 2.21. The molecule has 1 N–H and O–H groups in total. The van der Waals surface area contributed by atoms with E-state index in [1.165, 1.54) is 25.9 Å². The second-order valence-corrected chi connectivity index (χ2v) is 7.43. The molecular weight excluding hydrogens is 304 g/mol. The van der Waals surface area contributed by atoms with E-state index in [9.17, 15) is 0 Å². The third-order valence-corrected chi connectivity index (χ3v) is 5.44. The van der Waals surface area contributed by atoms with E-state index in [4.69, 9.17) is 9.47 Å². The fraction of sp³-hybridized carbons (Fsp3) is 0.944. The van der Waals surface area contributed by atoms with Crippen LogP contribution in [0, 0.1) is 5.92 Å². The lowest BCUT2D eigenvalue weighted by Gasteiger charge is -2.37. The lowest BCUT2D eigenvalue weighted by Crippen LogP contribution is -2.54. The first-order valence-electron chi connectivity index (χ1n) is 9.67. The van der Waals surface area contributed by atoms with E-state index in [0.29, 0.717) is 0 Å². The lowest BCUT2D eigenvalue weighted by atomic mass is 10.0. The van der Waals surface area contributed by atoms with Gasteiger partial charge in [-0.15, -0.1) is 0 Å². The Labute approximate surface area is 146 Å². The Morgan fingerprint density at radius 1 is 1.08 bits per heavy atom. The largest absolute Gasteiger partial charge is 0.375 e. The zero-order valence-corrected chi connectivity index (χ0v) is 15.4. The Hall–Kier alpha value is -0.850. The zero-order valence-electron chi connectivity index (χ0n) is 15.4. The molecule has 0 aromatic carbocycles. The van der Waals surface area contributed by atoms with Crippen molar-refractivity contribution in [1.82, 2.24) is 15.1 Å². The molecule has 0 aliphatic carbocycles. The molecule has 0 saturated carbocycles. The van der Waals surface area contributed by atoms with Gasteiger partial charge in [-0.25, -0.2) is 0 Å². The van der Waals surface area contributed by atoms with Crippen molar-refractivity contribution in [3.8, 4) is 0 Å². The summed E-state index contributed by atoms with van der Waals surface area (Å²) < 4.78 is 11.7. The summed E-state index contributed by atoms with van der Waals surface area (Å²) in [5.41, 5.74) is 0. The smallest absolute Gasteiger partial charge is 0.193 e. The molecule has 3 saturated heterocycles. The number of rotatable bonds is 4. The zero-order chi connectivity index (χ0) is 16.8. The van der Waals surface area contributed by atoms with Gasteiger partial charge in [-0.1, -0.05) is 6.92 Å². The molecule has 3 aliphatic rings. The summed E-state index contributed by atoms with van der Waals surface area (Å²) in [7, 11) is 1.88. The van der Waals surface area contributed by atoms with Crippen LogP contribution in [0.3, 0.4) is 0 Å². The maximum Gasteiger partial charge on any atom is 0.193 e. The second-order valence-electron chi connectivity index (χ2n) is 7.43. The molecule has 0 bridgehead atoms. The van der Waals surface area contributed by atoms with Gasteiger partial charge in [-0.05, 0) is 38.1 Å². The van der Waals surface area contributed by atoms with E-state index in [-0.39, 0.29) is 12.2 Å². The van der Waals surface area contributed by atoms with Crippen molar-refractivity contribution in [3.63, 3.8) is 0 Å². The molecule has 3 fully saturated rings. The van der Waals surface area contributed by atoms with Gasteiger partial charge in [0.15, 0.2) is 5.96 Å². The number of piperidine rings is 1. The molecule has 3 heterocycles. The van der Waals surface area contributed by atoms with Crippen LogP contribution in [0.4, 0.5) is 0 Å². The lowest BCUT2D eigenvalue weighted by molar-refractivity contribution is -0.0817. The van der Waals surface area contributed by atoms with Crippen LogP contribution in [0.5, 0.6) is 0 Å². The van der Waals surface area contributed by atoms with Crippen molar-refractivity contribution in [2.24, 2.45) is 10.9 Å². The Balaban J connectivity index is 1.43. The Bertz CT molecular complexity index is 412. The van der Waals surface area contributed by atoms with Crippen molar-refractivity contribution in [1.29, 1.82) is 0 Å². The molecule has 3 aliphatic heterocycles. The summed E-state index contributed by atoms with van der Waals surface area (Å²) in [5, 5.41) is 3.55. The molecule has 0 radical (unpaired) electrons. The maximum absolute atomic E-state index is 5.94. The fourth-order valence-corrected chi connectivity index (χ4v) is 4.14. The van der Waals surface area contributed by atoms with E-state index < -0.39 is 0 Å². The number of hydrogen-bond donors (Lipinski definition) is 1. The molecule has 3 rings (SSSR count). The molecule has 138 valence electrons. The van der Waals surface area contributed by atoms with Crippen molar-refractivity contribution in [3.05, 3.63) is 0 Å². The first-order chi connectivity index (χ1) is 11.8. The van der Waals surface area contributed by atoms with Gasteiger partial charge in [0.25, 0.3) is 0 Å². The average Bonchev–Trinajstić information content (AvgIpc) is 3.14. The van der Waals surface area contributed by atoms with Crippen molar-refractivity contribution >= 4 is 5.96 Å². The van der Waals surface area contributed by atoms with E-state index >= 15 is 0 Å². The highest BCUT2D eigenvalue weighted by Gasteiger charge is 2.32. The summed E-state index contributed by atoms with van der Waals surface area (Å²) in [6, 6.07) is 0. The van der Waals surface area contributed by atoms with Crippen molar-refractivity contribution in [2.45, 2.75) is 44.8 Å². The number of nitrogens with one attached hydrogen (secondary N) is 1. The third-order valence-electron chi connectivity index (χ3n) is 5.44. The highest BCUT2D eigenvalue weighted by atomic mass is 16.5. The molecule has 0 aromatic rings. The summed E-state index contributed by atoms with van der Waals surface area (Å²) >= 11 is 0. The number of likely N-dealkylation sites (tertiary alicyclic amines) is 1. The number of hydrogen-bond acceptors (Lipinski definition) is 4. The second kappa shape index (κ2) is 9.02. The van der Waals surface area contributed by atoms with Crippen LogP contribution in [0.2, 0.25) is 0 Å². The van der Waals surface area contributed by atoms with Crippen LogP contribution >= 0.6 is 0 Å². The third kappa shape index (κ3) is 4.83. The SMILES string of the molecule is CN=C(NCCN1CCCC(C)C1)N1CCOC(C2CCCO2)C1. The number of aliphatic imine (C=N–C) groups is 1. The first kappa shape index (κ1) is 18.0. The van der Waals surface area contributed by atoms with Crippen LogP contribution in [-0.4, -0.2) is 87.5 Å².